The minimum atomic E-state index is -5.08. The Morgan fingerprint density at radius 2 is 1.53 bits per heavy atom. The molecule has 0 aliphatic carbocycles. The summed E-state index contributed by atoms with van der Waals surface area (Å²) in [5.41, 5.74) is 10.5. The van der Waals surface area contributed by atoms with E-state index < -0.39 is 18.1 Å². The van der Waals surface area contributed by atoms with Crippen LogP contribution in [0.3, 0.4) is 0 Å². The van der Waals surface area contributed by atoms with Crippen LogP contribution in [0.25, 0.3) is 11.1 Å². The second-order valence-corrected chi connectivity index (χ2v) is 7.56. The molecular formula is C26H26F3NO4. The number of aliphatic carboxylic acids is 1. The first-order chi connectivity index (χ1) is 16.1. The second kappa shape index (κ2) is 12.4. The highest BCUT2D eigenvalue weighted by atomic mass is 19.4. The van der Waals surface area contributed by atoms with E-state index >= 15 is 0 Å². The summed E-state index contributed by atoms with van der Waals surface area (Å²) in [7, 11) is 0. The molecule has 0 saturated heterocycles. The number of nitrogens with two attached hydrogens (primary N) is 1. The third-order valence-electron chi connectivity index (χ3n) is 4.83. The van der Waals surface area contributed by atoms with E-state index in [0.29, 0.717) is 12.2 Å². The second-order valence-electron chi connectivity index (χ2n) is 7.56. The number of carboxylic acids is 1. The molecule has 34 heavy (non-hydrogen) atoms. The molecule has 0 aliphatic rings. The van der Waals surface area contributed by atoms with E-state index in [9.17, 15) is 18.0 Å². The fourth-order valence-corrected chi connectivity index (χ4v) is 2.97. The smallest absolute Gasteiger partial charge is 0.490 e. The van der Waals surface area contributed by atoms with Crippen LogP contribution in [-0.2, 0) is 11.2 Å². The number of primary amides is 1. The van der Waals surface area contributed by atoms with Gasteiger partial charge in [0, 0.05) is 5.56 Å². The number of rotatable bonds is 8. The lowest BCUT2D eigenvalue weighted by Crippen LogP contribution is -2.21. The normalized spacial score (nSPS) is 10.7. The van der Waals surface area contributed by atoms with Gasteiger partial charge in [0.05, 0.1) is 6.61 Å². The van der Waals surface area contributed by atoms with Crippen LogP contribution >= 0.6 is 0 Å². The highest BCUT2D eigenvalue weighted by molar-refractivity contribution is 5.94. The van der Waals surface area contributed by atoms with Crippen molar-refractivity contribution in [1.82, 2.24) is 0 Å². The molecule has 5 nitrogen and oxygen atoms in total. The SMILES string of the molecule is Cc1ccc(CCCCOc2ccc(-c3cccc(C(N)=O)c3)cc2)cc1.O=C(O)C(F)(F)F. The van der Waals surface area contributed by atoms with Gasteiger partial charge in [0.15, 0.2) is 0 Å². The summed E-state index contributed by atoms with van der Waals surface area (Å²) in [5, 5.41) is 7.12. The van der Waals surface area contributed by atoms with Crippen LogP contribution in [0.4, 0.5) is 13.2 Å². The molecule has 0 unspecified atom stereocenters. The zero-order valence-electron chi connectivity index (χ0n) is 18.6. The molecule has 0 fully saturated rings. The van der Waals surface area contributed by atoms with Gasteiger partial charge in [-0.25, -0.2) is 4.79 Å². The number of hydrogen-bond donors (Lipinski definition) is 2. The van der Waals surface area contributed by atoms with Gasteiger partial charge in [-0.15, -0.1) is 0 Å². The van der Waals surface area contributed by atoms with Gasteiger partial charge in [-0.1, -0.05) is 54.1 Å². The van der Waals surface area contributed by atoms with Crippen molar-refractivity contribution in [3.05, 3.63) is 89.5 Å². The van der Waals surface area contributed by atoms with E-state index in [1.165, 1.54) is 11.1 Å². The van der Waals surface area contributed by atoms with Gasteiger partial charge in [0.25, 0.3) is 0 Å². The molecular weight excluding hydrogens is 447 g/mol. The van der Waals surface area contributed by atoms with E-state index in [0.717, 1.165) is 36.1 Å². The number of hydrogen-bond acceptors (Lipinski definition) is 3. The van der Waals surface area contributed by atoms with Gasteiger partial charge in [-0.05, 0) is 67.1 Å². The molecule has 8 heteroatoms. The molecule has 0 saturated carbocycles. The average molecular weight is 473 g/mol. The summed E-state index contributed by atoms with van der Waals surface area (Å²) in [6.07, 6.45) is -1.86. The van der Waals surface area contributed by atoms with Crippen molar-refractivity contribution < 1.29 is 32.6 Å². The quantitative estimate of drug-likeness (QED) is 0.405. The average Bonchev–Trinajstić information content (AvgIpc) is 2.80. The van der Waals surface area contributed by atoms with Crippen molar-refractivity contribution in [3.63, 3.8) is 0 Å². The first-order valence-corrected chi connectivity index (χ1v) is 10.5. The van der Waals surface area contributed by atoms with Gasteiger partial charge in [0.1, 0.15) is 5.75 Å². The van der Waals surface area contributed by atoms with Crippen molar-refractivity contribution in [2.45, 2.75) is 32.4 Å². The first-order valence-electron chi connectivity index (χ1n) is 10.5. The largest absolute Gasteiger partial charge is 0.494 e. The number of ether oxygens (including phenoxy) is 1. The molecule has 0 spiro atoms. The van der Waals surface area contributed by atoms with Crippen molar-refractivity contribution in [2.24, 2.45) is 5.73 Å². The minimum Gasteiger partial charge on any atom is -0.494 e. The lowest BCUT2D eigenvalue weighted by molar-refractivity contribution is -0.192. The van der Waals surface area contributed by atoms with E-state index in [-0.39, 0.29) is 0 Å². The number of carbonyl (C=O) groups is 2. The number of carbonyl (C=O) groups excluding carboxylic acids is 1. The Labute approximate surface area is 196 Å². The van der Waals surface area contributed by atoms with Gasteiger partial charge in [0.2, 0.25) is 5.91 Å². The summed E-state index contributed by atoms with van der Waals surface area (Å²) < 4.78 is 37.6. The van der Waals surface area contributed by atoms with Gasteiger partial charge >= 0.3 is 12.1 Å². The van der Waals surface area contributed by atoms with Gasteiger partial charge < -0.3 is 15.6 Å². The maximum absolute atomic E-state index is 11.3. The van der Waals surface area contributed by atoms with E-state index in [1.807, 2.05) is 42.5 Å². The molecule has 3 rings (SSSR count). The molecule has 3 aromatic carbocycles. The monoisotopic (exact) mass is 473 g/mol. The van der Waals surface area contributed by atoms with Crippen LogP contribution in [0.5, 0.6) is 5.75 Å². The number of alkyl halides is 3. The molecule has 0 aliphatic heterocycles. The van der Waals surface area contributed by atoms with Gasteiger partial charge in [-0.3, -0.25) is 4.79 Å². The molecule has 0 aromatic heterocycles. The van der Waals surface area contributed by atoms with Crippen molar-refractivity contribution >= 4 is 11.9 Å². The first kappa shape index (κ1) is 26.4. The highest BCUT2D eigenvalue weighted by Crippen LogP contribution is 2.23. The van der Waals surface area contributed by atoms with E-state index in [2.05, 4.69) is 31.2 Å². The fraction of sp³-hybridized carbons (Fsp3) is 0.231. The molecule has 180 valence electrons. The summed E-state index contributed by atoms with van der Waals surface area (Å²) in [5.74, 6) is -2.31. The Kier molecular flexibility index (Phi) is 9.67. The third kappa shape index (κ3) is 8.97. The topological polar surface area (TPSA) is 89.6 Å². The van der Waals surface area contributed by atoms with Crippen LogP contribution in [0.2, 0.25) is 0 Å². The fourth-order valence-electron chi connectivity index (χ4n) is 2.97. The summed E-state index contributed by atoms with van der Waals surface area (Å²) in [4.78, 5) is 20.2. The number of benzene rings is 3. The minimum absolute atomic E-state index is 0.414. The molecule has 0 heterocycles. The van der Waals surface area contributed by atoms with Crippen molar-refractivity contribution in [3.8, 4) is 16.9 Å². The van der Waals surface area contributed by atoms with Crippen molar-refractivity contribution in [1.29, 1.82) is 0 Å². The van der Waals surface area contributed by atoms with Crippen LogP contribution < -0.4 is 10.5 Å². The number of carboxylic acid groups (broad SMARTS) is 1. The zero-order chi connectivity index (χ0) is 25.1. The maximum atomic E-state index is 11.3. The van der Waals surface area contributed by atoms with Crippen molar-refractivity contribution in [2.75, 3.05) is 6.61 Å². The van der Waals surface area contributed by atoms with E-state index in [1.54, 1.807) is 6.07 Å². The zero-order valence-corrected chi connectivity index (χ0v) is 18.6. The summed E-state index contributed by atoms with van der Waals surface area (Å²) >= 11 is 0. The molecule has 0 radical (unpaired) electrons. The van der Waals surface area contributed by atoms with Crippen LogP contribution in [0.15, 0.2) is 72.8 Å². The Morgan fingerprint density at radius 3 is 2.09 bits per heavy atom. The van der Waals surface area contributed by atoms with Crippen LogP contribution in [0.1, 0.15) is 34.3 Å². The Hall–Kier alpha value is -3.81. The number of unbranched alkanes of at least 4 members (excludes halogenated alkanes) is 1. The lowest BCUT2D eigenvalue weighted by Gasteiger charge is -2.08. The predicted octanol–water partition coefficient (Wildman–Crippen LogP) is 5.80. The summed E-state index contributed by atoms with van der Waals surface area (Å²) in [6.45, 7) is 2.82. The molecule has 0 atom stereocenters. The Bertz CT molecular complexity index is 1080. The Morgan fingerprint density at radius 1 is 0.912 bits per heavy atom. The molecule has 0 bridgehead atoms. The van der Waals surface area contributed by atoms with E-state index in [4.69, 9.17) is 20.4 Å². The molecule has 1 amide bonds. The number of halogens is 3. The van der Waals surface area contributed by atoms with Crippen LogP contribution in [-0.4, -0.2) is 29.8 Å². The predicted molar refractivity (Wildman–Crippen MR) is 124 cm³/mol. The maximum Gasteiger partial charge on any atom is 0.490 e. The highest BCUT2D eigenvalue weighted by Gasteiger charge is 2.38. The Balaban J connectivity index is 0.000000509. The lowest BCUT2D eigenvalue weighted by atomic mass is 10.0. The van der Waals surface area contributed by atoms with Gasteiger partial charge in [-0.2, -0.15) is 13.2 Å². The molecule has 3 N–H and O–H groups in total. The number of aryl methyl sites for hydroxylation is 2. The number of amides is 1. The standard InChI is InChI=1S/C24H25NO2.C2HF3O2/c1-18-8-10-19(11-9-18)5-2-3-16-27-23-14-12-20(13-15-23)21-6-4-7-22(17-21)24(25)26;3-2(4,5)1(6)7/h4,6-15,17H,2-3,5,16H2,1H3,(H2,25,26);(H,6,7). The molecule has 3 aromatic rings. The van der Waals surface area contributed by atoms with Crippen LogP contribution in [0, 0.1) is 6.92 Å². The summed E-state index contributed by atoms with van der Waals surface area (Å²) in [6, 6.07) is 24.0. The third-order valence-corrected chi connectivity index (χ3v) is 4.83.